The predicted molar refractivity (Wildman–Crippen MR) is 73.2 cm³/mol. The second kappa shape index (κ2) is 5.55. The zero-order valence-electron chi connectivity index (χ0n) is 11.6. The van der Waals surface area contributed by atoms with Gasteiger partial charge in [0.05, 0.1) is 5.41 Å². The molecule has 104 valence electrons. The van der Waals surface area contributed by atoms with E-state index in [1.54, 1.807) is 0 Å². The molecule has 0 unspecified atom stereocenters. The molecule has 2 rings (SSSR count). The van der Waals surface area contributed by atoms with Crippen LogP contribution in [0.1, 0.15) is 44.1 Å². The van der Waals surface area contributed by atoms with Gasteiger partial charge in [0.25, 0.3) is 0 Å². The molecule has 19 heavy (non-hydrogen) atoms. The SMILES string of the molecule is CCc1cc(NCC2(C(=O)O)CCCC2)nc(C)n1. The van der Waals surface area contributed by atoms with Crippen LogP contribution >= 0.6 is 0 Å². The minimum atomic E-state index is -0.695. The number of carboxylic acid groups (broad SMARTS) is 1. The highest BCUT2D eigenvalue weighted by Crippen LogP contribution is 2.38. The zero-order valence-corrected chi connectivity index (χ0v) is 11.6. The molecule has 0 bridgehead atoms. The molecule has 1 fully saturated rings. The van der Waals surface area contributed by atoms with Gasteiger partial charge in [0.15, 0.2) is 0 Å². The van der Waals surface area contributed by atoms with Crippen LogP contribution in [0.3, 0.4) is 0 Å². The number of aliphatic carboxylic acids is 1. The van der Waals surface area contributed by atoms with Crippen molar-refractivity contribution in [3.63, 3.8) is 0 Å². The Morgan fingerprint density at radius 1 is 1.42 bits per heavy atom. The summed E-state index contributed by atoms with van der Waals surface area (Å²) in [4.78, 5) is 20.1. The molecule has 2 N–H and O–H groups in total. The first-order chi connectivity index (χ1) is 9.05. The molecule has 0 aliphatic heterocycles. The van der Waals surface area contributed by atoms with Crippen LogP contribution in [-0.4, -0.2) is 27.6 Å². The maximum atomic E-state index is 11.5. The number of hydrogen-bond acceptors (Lipinski definition) is 4. The normalized spacial score (nSPS) is 17.4. The zero-order chi connectivity index (χ0) is 13.9. The first-order valence-electron chi connectivity index (χ1n) is 6.87. The summed E-state index contributed by atoms with van der Waals surface area (Å²) in [6.45, 7) is 4.34. The number of carbonyl (C=O) groups is 1. The van der Waals surface area contributed by atoms with Crippen LogP contribution in [0, 0.1) is 12.3 Å². The molecule has 0 aromatic carbocycles. The van der Waals surface area contributed by atoms with Crippen LogP contribution in [-0.2, 0) is 11.2 Å². The largest absolute Gasteiger partial charge is 0.481 e. The van der Waals surface area contributed by atoms with Crippen LogP contribution in [0.5, 0.6) is 0 Å². The molecule has 1 aliphatic carbocycles. The van der Waals surface area contributed by atoms with Gasteiger partial charge in [-0.25, -0.2) is 9.97 Å². The minimum Gasteiger partial charge on any atom is -0.481 e. The average Bonchev–Trinajstić information content (AvgIpc) is 2.86. The number of nitrogens with one attached hydrogen (secondary N) is 1. The van der Waals surface area contributed by atoms with E-state index in [0.29, 0.717) is 6.54 Å². The summed E-state index contributed by atoms with van der Waals surface area (Å²) in [6.07, 6.45) is 4.34. The van der Waals surface area contributed by atoms with Gasteiger partial charge in [-0.05, 0) is 26.2 Å². The lowest BCUT2D eigenvalue weighted by atomic mass is 9.86. The van der Waals surface area contributed by atoms with Crippen LogP contribution in [0.25, 0.3) is 0 Å². The third kappa shape index (κ3) is 3.03. The lowest BCUT2D eigenvalue weighted by molar-refractivity contribution is -0.147. The van der Waals surface area contributed by atoms with Crippen molar-refractivity contribution in [2.24, 2.45) is 5.41 Å². The summed E-state index contributed by atoms with van der Waals surface area (Å²) in [5, 5.41) is 12.6. The molecular weight excluding hydrogens is 242 g/mol. The minimum absolute atomic E-state index is 0.446. The summed E-state index contributed by atoms with van der Waals surface area (Å²) in [5.74, 6) is 0.758. The van der Waals surface area contributed by atoms with E-state index >= 15 is 0 Å². The molecule has 0 radical (unpaired) electrons. The van der Waals surface area contributed by atoms with Gasteiger partial charge in [-0.1, -0.05) is 19.8 Å². The average molecular weight is 263 g/mol. The highest BCUT2D eigenvalue weighted by Gasteiger charge is 2.41. The van der Waals surface area contributed by atoms with Gasteiger partial charge in [-0.2, -0.15) is 0 Å². The molecule has 1 aromatic heterocycles. The first-order valence-corrected chi connectivity index (χ1v) is 6.87. The highest BCUT2D eigenvalue weighted by molar-refractivity contribution is 5.75. The number of rotatable bonds is 5. The van der Waals surface area contributed by atoms with E-state index in [4.69, 9.17) is 0 Å². The Kier molecular flexibility index (Phi) is 4.02. The molecule has 0 atom stereocenters. The number of nitrogens with zero attached hydrogens (tertiary/aromatic N) is 2. The second-order valence-electron chi connectivity index (χ2n) is 5.29. The molecule has 1 saturated carbocycles. The van der Waals surface area contributed by atoms with Crippen molar-refractivity contribution in [3.8, 4) is 0 Å². The molecule has 1 aromatic rings. The Labute approximate surface area is 113 Å². The Morgan fingerprint density at radius 3 is 2.68 bits per heavy atom. The second-order valence-corrected chi connectivity index (χ2v) is 5.29. The summed E-state index contributed by atoms with van der Waals surface area (Å²) in [7, 11) is 0. The Morgan fingerprint density at radius 2 is 2.11 bits per heavy atom. The maximum absolute atomic E-state index is 11.5. The summed E-state index contributed by atoms with van der Waals surface area (Å²) in [5.41, 5.74) is 0.358. The third-order valence-electron chi connectivity index (χ3n) is 3.88. The predicted octanol–water partition coefficient (Wildman–Crippen LogP) is 2.40. The molecule has 5 heteroatoms. The highest BCUT2D eigenvalue weighted by atomic mass is 16.4. The van der Waals surface area contributed by atoms with Crippen LogP contribution in [0.15, 0.2) is 6.07 Å². The van der Waals surface area contributed by atoms with Crippen LogP contribution in [0.4, 0.5) is 5.82 Å². The van der Waals surface area contributed by atoms with E-state index in [0.717, 1.165) is 49.4 Å². The molecule has 0 spiro atoms. The van der Waals surface area contributed by atoms with Crippen molar-refractivity contribution in [2.75, 3.05) is 11.9 Å². The fourth-order valence-electron chi connectivity index (χ4n) is 2.68. The van der Waals surface area contributed by atoms with E-state index < -0.39 is 11.4 Å². The number of aryl methyl sites for hydroxylation is 2. The van der Waals surface area contributed by atoms with Gasteiger partial charge >= 0.3 is 5.97 Å². The topological polar surface area (TPSA) is 75.1 Å². The number of anilines is 1. The quantitative estimate of drug-likeness (QED) is 0.853. The standard InChI is InChI=1S/C14H21N3O2/c1-3-11-8-12(17-10(2)16-11)15-9-14(13(18)19)6-4-5-7-14/h8H,3-7,9H2,1-2H3,(H,18,19)(H,15,16,17). The fourth-order valence-corrected chi connectivity index (χ4v) is 2.68. The molecule has 1 heterocycles. The molecule has 0 saturated heterocycles. The van der Waals surface area contributed by atoms with Crippen molar-refractivity contribution >= 4 is 11.8 Å². The van der Waals surface area contributed by atoms with Crippen molar-refractivity contribution in [3.05, 3.63) is 17.6 Å². The number of hydrogen-bond donors (Lipinski definition) is 2. The Bertz CT molecular complexity index is 468. The lowest BCUT2D eigenvalue weighted by Gasteiger charge is -2.24. The number of aromatic nitrogens is 2. The molecular formula is C14H21N3O2. The van der Waals surface area contributed by atoms with E-state index in [1.165, 1.54) is 0 Å². The first kappa shape index (κ1) is 13.8. The van der Waals surface area contributed by atoms with E-state index in [9.17, 15) is 9.90 Å². The molecule has 5 nitrogen and oxygen atoms in total. The summed E-state index contributed by atoms with van der Waals surface area (Å²) < 4.78 is 0. The van der Waals surface area contributed by atoms with Crippen molar-refractivity contribution < 1.29 is 9.90 Å². The van der Waals surface area contributed by atoms with Crippen molar-refractivity contribution in [1.82, 2.24) is 9.97 Å². The van der Waals surface area contributed by atoms with E-state index in [1.807, 2.05) is 19.9 Å². The fraction of sp³-hybridized carbons (Fsp3) is 0.643. The van der Waals surface area contributed by atoms with Crippen molar-refractivity contribution in [2.45, 2.75) is 46.0 Å². The monoisotopic (exact) mass is 263 g/mol. The number of carboxylic acids is 1. The van der Waals surface area contributed by atoms with Gasteiger partial charge in [0.1, 0.15) is 11.6 Å². The maximum Gasteiger partial charge on any atom is 0.311 e. The molecule has 0 amide bonds. The summed E-state index contributed by atoms with van der Waals surface area (Å²) in [6, 6.07) is 1.90. The van der Waals surface area contributed by atoms with Gasteiger partial charge in [-0.15, -0.1) is 0 Å². The van der Waals surface area contributed by atoms with E-state index in [2.05, 4.69) is 15.3 Å². The van der Waals surface area contributed by atoms with Crippen LogP contribution < -0.4 is 5.32 Å². The Hall–Kier alpha value is -1.65. The lowest BCUT2D eigenvalue weighted by Crippen LogP contribution is -2.35. The van der Waals surface area contributed by atoms with E-state index in [-0.39, 0.29) is 0 Å². The summed E-state index contributed by atoms with van der Waals surface area (Å²) >= 11 is 0. The van der Waals surface area contributed by atoms with Gasteiger partial charge < -0.3 is 10.4 Å². The van der Waals surface area contributed by atoms with Crippen molar-refractivity contribution in [1.29, 1.82) is 0 Å². The van der Waals surface area contributed by atoms with Gasteiger partial charge in [-0.3, -0.25) is 4.79 Å². The third-order valence-corrected chi connectivity index (χ3v) is 3.88. The van der Waals surface area contributed by atoms with Gasteiger partial charge in [0.2, 0.25) is 0 Å². The van der Waals surface area contributed by atoms with Gasteiger partial charge in [0, 0.05) is 18.3 Å². The smallest absolute Gasteiger partial charge is 0.311 e. The van der Waals surface area contributed by atoms with Crippen LogP contribution in [0.2, 0.25) is 0 Å². The molecule has 1 aliphatic rings. The Balaban J connectivity index is 2.09.